The molecule has 1 fully saturated rings. The van der Waals surface area contributed by atoms with Crippen LogP contribution in [0.5, 0.6) is 0 Å². The number of hydrogen-bond acceptors (Lipinski definition) is 5. The van der Waals surface area contributed by atoms with Gasteiger partial charge in [-0.25, -0.2) is 4.98 Å². The van der Waals surface area contributed by atoms with Crippen molar-refractivity contribution in [2.75, 3.05) is 18.8 Å². The Morgan fingerprint density at radius 1 is 1.36 bits per heavy atom. The van der Waals surface area contributed by atoms with Crippen LogP contribution in [-0.4, -0.2) is 37.9 Å². The fourth-order valence-corrected chi connectivity index (χ4v) is 3.88. The molecule has 0 saturated carbocycles. The Labute approximate surface area is 135 Å². The number of hydrogen-bond donors (Lipinski definition) is 2. The Balaban J connectivity index is 0.00000176. The maximum Gasteiger partial charge on any atom is 0.271 e. The molecule has 0 amide bonds. The smallest absolute Gasteiger partial charge is 0.271 e. The van der Waals surface area contributed by atoms with E-state index in [-0.39, 0.29) is 18.1 Å². The van der Waals surface area contributed by atoms with Crippen LogP contribution >= 0.6 is 12.4 Å². The highest BCUT2D eigenvalue weighted by Gasteiger charge is 2.19. The fourth-order valence-electron chi connectivity index (χ4n) is 2.54. The first-order valence-electron chi connectivity index (χ1n) is 6.87. The number of non-ortho nitro benzene ring substituents is 1. The number of aromatic amines is 1. The average Bonchev–Trinajstić information content (AvgIpc) is 2.91. The molecule has 1 saturated heterocycles. The molecule has 3 rings (SSSR count). The van der Waals surface area contributed by atoms with Crippen molar-refractivity contribution in [1.82, 2.24) is 15.3 Å². The van der Waals surface area contributed by atoms with E-state index in [9.17, 15) is 14.3 Å². The lowest BCUT2D eigenvalue weighted by molar-refractivity contribution is -0.384. The van der Waals surface area contributed by atoms with Gasteiger partial charge in [0.2, 0.25) is 0 Å². The second kappa shape index (κ2) is 7.17. The first-order chi connectivity index (χ1) is 10.1. The largest absolute Gasteiger partial charge is 0.331 e. The number of fused-ring (bicyclic) bond motifs is 1. The number of aromatic nitrogens is 2. The van der Waals surface area contributed by atoms with Gasteiger partial charge in [0.05, 0.1) is 26.8 Å². The molecule has 0 aliphatic carbocycles. The summed E-state index contributed by atoms with van der Waals surface area (Å²) in [4.78, 5) is 17.5. The van der Waals surface area contributed by atoms with E-state index in [2.05, 4.69) is 15.3 Å². The number of nitrogens with one attached hydrogen (secondary N) is 2. The minimum atomic E-state index is -1.20. The van der Waals surface area contributed by atoms with Crippen LogP contribution in [0, 0.1) is 16.0 Å². The van der Waals surface area contributed by atoms with Crippen LogP contribution in [0.3, 0.4) is 0 Å². The van der Waals surface area contributed by atoms with Gasteiger partial charge in [-0.3, -0.25) is 14.3 Å². The van der Waals surface area contributed by atoms with Crippen LogP contribution in [0.4, 0.5) is 5.69 Å². The first-order valence-corrected chi connectivity index (χ1v) is 8.18. The van der Waals surface area contributed by atoms with E-state index >= 15 is 0 Å². The summed E-state index contributed by atoms with van der Waals surface area (Å²) in [5.74, 6) is 1.03. The quantitative estimate of drug-likeness (QED) is 0.652. The zero-order valence-corrected chi connectivity index (χ0v) is 13.4. The molecule has 1 aromatic heterocycles. The van der Waals surface area contributed by atoms with Crippen LogP contribution in [0.1, 0.15) is 12.8 Å². The molecule has 0 spiro atoms. The molecule has 1 atom stereocenters. The van der Waals surface area contributed by atoms with Crippen LogP contribution in [0.15, 0.2) is 23.4 Å². The lowest BCUT2D eigenvalue weighted by Gasteiger charge is -2.21. The molecule has 1 aliphatic heterocycles. The normalized spacial score (nSPS) is 17.1. The van der Waals surface area contributed by atoms with Gasteiger partial charge in [0, 0.05) is 17.9 Å². The monoisotopic (exact) mass is 344 g/mol. The van der Waals surface area contributed by atoms with Crippen molar-refractivity contribution in [3.63, 3.8) is 0 Å². The summed E-state index contributed by atoms with van der Waals surface area (Å²) in [6.07, 6.45) is 2.05. The van der Waals surface area contributed by atoms with Gasteiger partial charge in [-0.2, -0.15) is 0 Å². The summed E-state index contributed by atoms with van der Waals surface area (Å²) in [6.45, 7) is 1.93. The zero-order valence-electron chi connectivity index (χ0n) is 11.8. The molecule has 2 aromatic rings. The van der Waals surface area contributed by atoms with E-state index in [0.29, 0.717) is 27.9 Å². The molecule has 1 aromatic carbocycles. The van der Waals surface area contributed by atoms with Gasteiger partial charge in [-0.05, 0) is 37.9 Å². The Kier molecular flexibility index (Phi) is 5.49. The molecule has 2 heterocycles. The van der Waals surface area contributed by atoms with Gasteiger partial charge in [0.25, 0.3) is 5.69 Å². The highest BCUT2D eigenvalue weighted by molar-refractivity contribution is 7.84. The van der Waals surface area contributed by atoms with Gasteiger partial charge in [0.1, 0.15) is 0 Å². The lowest BCUT2D eigenvalue weighted by atomic mass is 10.0. The summed E-state index contributed by atoms with van der Waals surface area (Å²) in [6, 6.07) is 4.41. The third kappa shape index (κ3) is 3.63. The molecule has 1 aliphatic rings. The second-order valence-electron chi connectivity index (χ2n) is 5.21. The summed E-state index contributed by atoms with van der Waals surface area (Å²) in [5.41, 5.74) is 1.16. The van der Waals surface area contributed by atoms with Crippen molar-refractivity contribution < 1.29 is 9.13 Å². The molecule has 0 radical (unpaired) electrons. The molecule has 22 heavy (non-hydrogen) atoms. The predicted molar refractivity (Wildman–Crippen MR) is 86.9 cm³/mol. The molecule has 1 unspecified atom stereocenters. The third-order valence-corrected chi connectivity index (χ3v) is 5.11. The molecule has 2 N–H and O–H groups in total. The van der Waals surface area contributed by atoms with Gasteiger partial charge in [-0.15, -0.1) is 12.4 Å². The number of imidazole rings is 1. The van der Waals surface area contributed by atoms with Crippen molar-refractivity contribution in [1.29, 1.82) is 0 Å². The number of halogens is 1. The summed E-state index contributed by atoms with van der Waals surface area (Å²) < 4.78 is 12.4. The Morgan fingerprint density at radius 2 is 2.09 bits per heavy atom. The zero-order chi connectivity index (χ0) is 14.8. The van der Waals surface area contributed by atoms with Crippen molar-refractivity contribution in [2.24, 2.45) is 5.92 Å². The van der Waals surface area contributed by atoms with Crippen molar-refractivity contribution >= 4 is 39.9 Å². The van der Waals surface area contributed by atoms with Crippen molar-refractivity contribution in [3.05, 3.63) is 28.3 Å². The topological polar surface area (TPSA) is 101 Å². The summed E-state index contributed by atoms with van der Waals surface area (Å²) in [7, 11) is -1.20. The van der Waals surface area contributed by atoms with Crippen LogP contribution in [-0.2, 0) is 10.8 Å². The Bertz CT molecular complexity index is 700. The van der Waals surface area contributed by atoms with Crippen LogP contribution in [0.2, 0.25) is 0 Å². The van der Waals surface area contributed by atoms with E-state index in [4.69, 9.17) is 0 Å². The van der Waals surface area contributed by atoms with E-state index in [1.54, 1.807) is 6.07 Å². The summed E-state index contributed by atoms with van der Waals surface area (Å²) in [5, 5.41) is 14.4. The standard InChI is InChI=1S/C13H16N4O3S.ClH/c18-17(19)10-1-2-11-12(7-10)16-13(15-11)21(20)8-9-3-5-14-6-4-9;/h1-2,7,9,14H,3-6,8H2,(H,15,16);1H. The van der Waals surface area contributed by atoms with Crippen LogP contribution < -0.4 is 5.32 Å². The molecular formula is C13H17ClN4O3S. The minimum Gasteiger partial charge on any atom is -0.331 e. The number of nitrogens with zero attached hydrogens (tertiary/aromatic N) is 2. The third-order valence-electron chi connectivity index (χ3n) is 3.72. The van der Waals surface area contributed by atoms with Crippen molar-refractivity contribution in [2.45, 2.75) is 18.0 Å². The van der Waals surface area contributed by atoms with E-state index in [0.717, 1.165) is 25.9 Å². The van der Waals surface area contributed by atoms with Gasteiger partial charge < -0.3 is 10.3 Å². The number of piperidine rings is 1. The van der Waals surface area contributed by atoms with Gasteiger partial charge in [0.15, 0.2) is 5.16 Å². The Morgan fingerprint density at radius 3 is 2.77 bits per heavy atom. The van der Waals surface area contributed by atoms with Gasteiger partial charge in [-0.1, -0.05) is 0 Å². The van der Waals surface area contributed by atoms with Crippen molar-refractivity contribution in [3.8, 4) is 0 Å². The minimum absolute atomic E-state index is 0. The fraction of sp³-hybridized carbons (Fsp3) is 0.462. The average molecular weight is 345 g/mol. The number of H-pyrrole nitrogens is 1. The second-order valence-corrected chi connectivity index (χ2v) is 6.62. The summed E-state index contributed by atoms with van der Waals surface area (Å²) >= 11 is 0. The Hall–Kier alpha value is -1.51. The number of rotatable bonds is 4. The number of nitro groups is 1. The number of benzene rings is 1. The maximum absolute atomic E-state index is 12.4. The highest BCUT2D eigenvalue weighted by atomic mass is 35.5. The van der Waals surface area contributed by atoms with Crippen LogP contribution in [0.25, 0.3) is 11.0 Å². The highest BCUT2D eigenvalue weighted by Crippen LogP contribution is 2.21. The molecule has 9 heteroatoms. The predicted octanol–water partition coefficient (Wildman–Crippen LogP) is 2.00. The maximum atomic E-state index is 12.4. The number of nitro benzene ring substituents is 1. The molecular weight excluding hydrogens is 328 g/mol. The lowest BCUT2D eigenvalue weighted by Crippen LogP contribution is -2.30. The van der Waals surface area contributed by atoms with E-state index in [1.807, 2.05) is 0 Å². The van der Waals surface area contributed by atoms with E-state index in [1.165, 1.54) is 12.1 Å². The SMILES string of the molecule is Cl.O=[N+]([O-])c1ccc2nc(S(=O)CC3CCNCC3)[nH]c2c1. The first kappa shape index (κ1) is 16.9. The molecule has 0 bridgehead atoms. The van der Waals surface area contributed by atoms with E-state index < -0.39 is 15.7 Å². The van der Waals surface area contributed by atoms with Gasteiger partial charge >= 0.3 is 0 Å². The molecule has 120 valence electrons. The molecule has 7 nitrogen and oxygen atoms in total.